The largest absolute Gasteiger partial charge is 0.383 e. The van der Waals surface area contributed by atoms with E-state index in [1.54, 1.807) is 7.11 Å². The van der Waals surface area contributed by atoms with Crippen molar-refractivity contribution in [2.45, 2.75) is 32.1 Å². The lowest BCUT2D eigenvalue weighted by molar-refractivity contribution is 0.194. The molecule has 1 atom stereocenters. The highest BCUT2D eigenvalue weighted by molar-refractivity contribution is 5.26. The van der Waals surface area contributed by atoms with Crippen LogP contribution < -0.4 is 5.32 Å². The lowest BCUT2D eigenvalue weighted by atomic mass is 9.73. The van der Waals surface area contributed by atoms with Crippen LogP contribution in [-0.2, 0) is 4.74 Å². The number of hydrogen-bond acceptors (Lipinski definition) is 2. The van der Waals surface area contributed by atoms with E-state index >= 15 is 0 Å². The van der Waals surface area contributed by atoms with E-state index in [4.69, 9.17) is 4.74 Å². The summed E-state index contributed by atoms with van der Waals surface area (Å²) in [7, 11) is 1.76. The summed E-state index contributed by atoms with van der Waals surface area (Å²) in [6.45, 7) is 5.01. The molecule has 1 aliphatic rings. The van der Waals surface area contributed by atoms with Crippen LogP contribution in [0, 0.1) is 12.8 Å². The van der Waals surface area contributed by atoms with Crippen LogP contribution >= 0.6 is 0 Å². The third-order valence-corrected chi connectivity index (χ3v) is 4.04. The lowest BCUT2D eigenvalue weighted by Gasteiger charge is -2.34. The second kappa shape index (κ2) is 6.91. The Hall–Kier alpha value is -0.860. The minimum absolute atomic E-state index is 0.676. The van der Waals surface area contributed by atoms with E-state index in [0.29, 0.717) is 5.92 Å². The first-order chi connectivity index (χ1) is 8.81. The third-order valence-electron chi connectivity index (χ3n) is 4.04. The maximum atomic E-state index is 5.09. The Kier molecular flexibility index (Phi) is 5.21. The van der Waals surface area contributed by atoms with E-state index < -0.39 is 0 Å². The molecule has 1 saturated carbocycles. The SMILES string of the molecule is COCCNCC(c1cccc(C)c1)C1CCC1. The molecule has 0 amide bonds. The number of aryl methyl sites for hydroxylation is 1. The standard InChI is InChI=1S/C16H25NO/c1-13-5-3-8-15(11-13)16(14-6-4-7-14)12-17-9-10-18-2/h3,5,8,11,14,16-17H,4,6-7,9-10,12H2,1-2H3. The van der Waals surface area contributed by atoms with Crippen molar-refractivity contribution >= 4 is 0 Å². The van der Waals surface area contributed by atoms with Gasteiger partial charge in [0.25, 0.3) is 0 Å². The van der Waals surface area contributed by atoms with E-state index in [-0.39, 0.29) is 0 Å². The van der Waals surface area contributed by atoms with Gasteiger partial charge in [0.15, 0.2) is 0 Å². The van der Waals surface area contributed by atoms with E-state index in [0.717, 1.165) is 25.6 Å². The average Bonchev–Trinajstić information content (AvgIpc) is 2.30. The van der Waals surface area contributed by atoms with E-state index in [1.165, 1.54) is 30.4 Å². The van der Waals surface area contributed by atoms with Crippen molar-refractivity contribution in [3.8, 4) is 0 Å². The molecule has 2 rings (SSSR count). The van der Waals surface area contributed by atoms with Crippen molar-refractivity contribution in [1.82, 2.24) is 5.32 Å². The smallest absolute Gasteiger partial charge is 0.0587 e. The van der Waals surface area contributed by atoms with Gasteiger partial charge in [-0.1, -0.05) is 36.2 Å². The van der Waals surface area contributed by atoms with E-state index in [9.17, 15) is 0 Å². The van der Waals surface area contributed by atoms with E-state index in [2.05, 4.69) is 36.5 Å². The number of hydrogen-bond donors (Lipinski definition) is 1. The van der Waals surface area contributed by atoms with Gasteiger partial charge in [0, 0.05) is 20.2 Å². The van der Waals surface area contributed by atoms with Crippen LogP contribution in [0.5, 0.6) is 0 Å². The summed E-state index contributed by atoms with van der Waals surface area (Å²) < 4.78 is 5.09. The molecule has 1 aromatic carbocycles. The molecule has 1 aromatic rings. The third kappa shape index (κ3) is 3.56. The van der Waals surface area contributed by atoms with Crippen LogP contribution in [0.4, 0.5) is 0 Å². The number of nitrogens with one attached hydrogen (secondary N) is 1. The minimum atomic E-state index is 0.676. The first-order valence-corrected chi connectivity index (χ1v) is 7.07. The van der Waals surface area contributed by atoms with Crippen LogP contribution in [0.25, 0.3) is 0 Å². The van der Waals surface area contributed by atoms with Crippen LogP contribution in [0.15, 0.2) is 24.3 Å². The summed E-state index contributed by atoms with van der Waals surface area (Å²) >= 11 is 0. The highest BCUT2D eigenvalue weighted by atomic mass is 16.5. The van der Waals surface area contributed by atoms with Crippen molar-refractivity contribution in [3.63, 3.8) is 0 Å². The maximum absolute atomic E-state index is 5.09. The zero-order valence-electron chi connectivity index (χ0n) is 11.6. The van der Waals surface area contributed by atoms with Crippen molar-refractivity contribution in [3.05, 3.63) is 35.4 Å². The highest BCUT2D eigenvalue weighted by Crippen LogP contribution is 2.39. The Morgan fingerprint density at radius 2 is 2.22 bits per heavy atom. The summed E-state index contributed by atoms with van der Waals surface area (Å²) in [5.74, 6) is 1.55. The van der Waals surface area contributed by atoms with Gasteiger partial charge < -0.3 is 10.1 Å². The summed E-state index contributed by atoms with van der Waals surface area (Å²) in [6.07, 6.45) is 4.19. The molecule has 0 aromatic heterocycles. The van der Waals surface area contributed by atoms with Gasteiger partial charge >= 0.3 is 0 Å². The van der Waals surface area contributed by atoms with Gasteiger partial charge in [-0.05, 0) is 37.2 Å². The Bertz CT molecular complexity index is 360. The molecular weight excluding hydrogens is 222 g/mol. The fraction of sp³-hybridized carbons (Fsp3) is 0.625. The molecule has 0 bridgehead atoms. The van der Waals surface area contributed by atoms with Gasteiger partial charge in [-0.2, -0.15) is 0 Å². The zero-order chi connectivity index (χ0) is 12.8. The molecule has 0 spiro atoms. The Morgan fingerprint density at radius 3 is 2.83 bits per heavy atom. The molecule has 100 valence electrons. The maximum Gasteiger partial charge on any atom is 0.0587 e. The first-order valence-electron chi connectivity index (χ1n) is 7.07. The van der Waals surface area contributed by atoms with Crippen LogP contribution in [0.1, 0.15) is 36.3 Å². The van der Waals surface area contributed by atoms with Gasteiger partial charge in [-0.3, -0.25) is 0 Å². The molecule has 1 fully saturated rings. The minimum Gasteiger partial charge on any atom is -0.383 e. The molecular formula is C16H25NO. The van der Waals surface area contributed by atoms with Crippen molar-refractivity contribution < 1.29 is 4.74 Å². The second-order valence-electron chi connectivity index (χ2n) is 5.41. The molecule has 0 heterocycles. The lowest BCUT2D eigenvalue weighted by Crippen LogP contribution is -2.31. The number of methoxy groups -OCH3 is 1. The van der Waals surface area contributed by atoms with Gasteiger partial charge in [0.05, 0.1) is 6.61 Å². The average molecular weight is 247 g/mol. The Morgan fingerprint density at radius 1 is 1.39 bits per heavy atom. The molecule has 18 heavy (non-hydrogen) atoms. The molecule has 0 radical (unpaired) electrons. The molecule has 2 heteroatoms. The molecule has 0 saturated heterocycles. The zero-order valence-corrected chi connectivity index (χ0v) is 11.6. The van der Waals surface area contributed by atoms with Gasteiger partial charge in [0.2, 0.25) is 0 Å². The van der Waals surface area contributed by atoms with Crippen molar-refractivity contribution in [1.29, 1.82) is 0 Å². The Balaban J connectivity index is 1.96. The summed E-state index contributed by atoms with van der Waals surface area (Å²) in [4.78, 5) is 0. The number of ether oxygens (including phenoxy) is 1. The molecule has 1 aliphatic carbocycles. The summed E-state index contributed by atoms with van der Waals surface area (Å²) in [5, 5.41) is 3.53. The Labute approximate surface area is 111 Å². The predicted octanol–water partition coefficient (Wildman–Crippen LogP) is 3.11. The first kappa shape index (κ1) is 13.6. The number of benzene rings is 1. The summed E-state index contributed by atoms with van der Waals surface area (Å²) in [5.41, 5.74) is 2.87. The van der Waals surface area contributed by atoms with Gasteiger partial charge in [0.1, 0.15) is 0 Å². The molecule has 2 nitrogen and oxygen atoms in total. The molecule has 1 unspecified atom stereocenters. The monoisotopic (exact) mass is 247 g/mol. The second-order valence-corrected chi connectivity index (χ2v) is 5.41. The fourth-order valence-corrected chi connectivity index (χ4v) is 2.73. The van der Waals surface area contributed by atoms with Crippen molar-refractivity contribution in [2.24, 2.45) is 5.92 Å². The topological polar surface area (TPSA) is 21.3 Å². The number of rotatable bonds is 7. The van der Waals surface area contributed by atoms with E-state index in [1.807, 2.05) is 0 Å². The molecule has 0 aliphatic heterocycles. The highest BCUT2D eigenvalue weighted by Gasteiger charge is 2.28. The van der Waals surface area contributed by atoms with Gasteiger partial charge in [-0.15, -0.1) is 0 Å². The normalized spacial score (nSPS) is 17.4. The summed E-state index contributed by atoms with van der Waals surface area (Å²) in [6, 6.07) is 9.00. The van der Waals surface area contributed by atoms with Crippen LogP contribution in [0.2, 0.25) is 0 Å². The fourth-order valence-electron chi connectivity index (χ4n) is 2.73. The van der Waals surface area contributed by atoms with Gasteiger partial charge in [-0.25, -0.2) is 0 Å². The van der Waals surface area contributed by atoms with Crippen LogP contribution in [-0.4, -0.2) is 26.8 Å². The molecule has 1 N–H and O–H groups in total. The van der Waals surface area contributed by atoms with Crippen LogP contribution in [0.3, 0.4) is 0 Å². The predicted molar refractivity (Wildman–Crippen MR) is 76.0 cm³/mol. The van der Waals surface area contributed by atoms with Crippen molar-refractivity contribution in [2.75, 3.05) is 26.8 Å². The quantitative estimate of drug-likeness (QED) is 0.748.